The highest BCUT2D eigenvalue weighted by molar-refractivity contribution is 6.13. The lowest BCUT2D eigenvalue weighted by Gasteiger charge is -2.43. The largest absolute Gasteiger partial charge is 0.296 e. The normalized spacial score (nSPS) is 18.0. The van der Waals surface area contributed by atoms with Crippen molar-refractivity contribution in [3.8, 4) is 22.4 Å². The van der Waals surface area contributed by atoms with Crippen LogP contribution in [0.15, 0.2) is 104 Å². The zero-order valence-corrected chi connectivity index (χ0v) is 22.8. The Bertz CT molecular complexity index is 1910. The minimum atomic E-state index is -0.300. The van der Waals surface area contributed by atoms with Gasteiger partial charge in [0.1, 0.15) is 17.3 Å². The summed E-state index contributed by atoms with van der Waals surface area (Å²) < 4.78 is 5.01. The molecule has 0 aliphatic carbocycles. The first-order valence-electron chi connectivity index (χ1n) is 13.5. The Hall–Kier alpha value is -4.17. The molecule has 2 nitrogen and oxygen atoms in total. The predicted octanol–water partition coefficient (Wildman–Crippen LogP) is 8.68. The fourth-order valence-corrected chi connectivity index (χ4v) is 7.00. The van der Waals surface area contributed by atoms with E-state index in [1.807, 2.05) is 0 Å². The monoisotopic (exact) mass is 493 g/mol. The lowest BCUT2D eigenvalue weighted by atomic mass is 9.65. The molecule has 1 aliphatic heterocycles. The molecule has 186 valence electrons. The second kappa shape index (κ2) is 7.68. The zero-order chi connectivity index (χ0) is 26.4. The van der Waals surface area contributed by atoms with Gasteiger partial charge >= 0.3 is 0 Å². The molecule has 2 aromatic heterocycles. The van der Waals surface area contributed by atoms with Gasteiger partial charge in [0.05, 0.1) is 5.39 Å². The third kappa shape index (κ3) is 2.75. The number of benzene rings is 4. The Balaban J connectivity index is 1.67. The summed E-state index contributed by atoms with van der Waals surface area (Å²) in [7, 11) is 0. The standard InChI is InChI=1S/C36H33N2/c1-7-36(6)35(4,5)29-18-13-17-28-27-16-11-12-19-30(27)38-31(22-37(36)34(38)33(28)29)32-23(2)20-26(21-24(32)3)25-14-9-8-10-15-25/h7-22H,1H2,2-6H3/q+1. The highest BCUT2D eigenvalue weighted by atomic mass is 15.2. The second-order valence-corrected chi connectivity index (χ2v) is 11.6. The number of pyridine rings is 1. The number of hydrogen-bond acceptors (Lipinski definition) is 0. The molecule has 0 saturated carbocycles. The molecule has 0 amide bonds. The fraction of sp³-hybridized carbons (Fsp3) is 0.194. The number of rotatable bonds is 3. The van der Waals surface area contributed by atoms with E-state index in [4.69, 9.17) is 0 Å². The van der Waals surface area contributed by atoms with Gasteiger partial charge in [0.2, 0.25) is 0 Å². The third-order valence-electron chi connectivity index (χ3n) is 9.39. The van der Waals surface area contributed by atoms with Gasteiger partial charge in [-0.1, -0.05) is 99.3 Å². The molecule has 2 heteroatoms. The van der Waals surface area contributed by atoms with Gasteiger partial charge in [-0.2, -0.15) is 4.40 Å². The summed E-state index contributed by atoms with van der Waals surface area (Å²) in [5, 5.41) is 3.95. The SMILES string of the molecule is C=CC1(C)[n+]2cc(-c3c(C)cc(-c4ccccc4)cc3C)n3c4ccccc4c4cccc(c4c32)C1(C)C. The number of allylic oxidation sites excluding steroid dienone is 1. The Kier molecular flexibility index (Phi) is 4.64. The first-order valence-corrected chi connectivity index (χ1v) is 13.5. The molecule has 0 bridgehead atoms. The van der Waals surface area contributed by atoms with Crippen LogP contribution in [0, 0.1) is 13.8 Å². The van der Waals surface area contributed by atoms with Crippen LogP contribution < -0.4 is 4.57 Å². The van der Waals surface area contributed by atoms with E-state index in [1.165, 1.54) is 66.4 Å². The van der Waals surface area contributed by atoms with Crippen molar-refractivity contribution in [2.75, 3.05) is 0 Å². The Morgan fingerprint density at radius 2 is 1.42 bits per heavy atom. The van der Waals surface area contributed by atoms with Crippen molar-refractivity contribution in [3.05, 3.63) is 120 Å². The average molecular weight is 494 g/mol. The molecular weight excluding hydrogens is 460 g/mol. The molecule has 4 aromatic carbocycles. The van der Waals surface area contributed by atoms with E-state index in [0.717, 1.165) is 0 Å². The van der Waals surface area contributed by atoms with E-state index in [9.17, 15) is 0 Å². The maximum atomic E-state index is 4.37. The highest BCUT2D eigenvalue weighted by Gasteiger charge is 2.52. The van der Waals surface area contributed by atoms with Crippen LogP contribution in [-0.2, 0) is 11.0 Å². The molecule has 1 atom stereocenters. The maximum absolute atomic E-state index is 4.37. The Morgan fingerprint density at radius 1 is 0.763 bits per heavy atom. The van der Waals surface area contributed by atoms with E-state index in [2.05, 4.69) is 147 Å². The summed E-state index contributed by atoms with van der Waals surface area (Å²) in [6, 6.07) is 31.0. The molecule has 38 heavy (non-hydrogen) atoms. The molecular formula is C36H33N2+. The van der Waals surface area contributed by atoms with Gasteiger partial charge in [0.15, 0.2) is 5.69 Å². The van der Waals surface area contributed by atoms with Crippen LogP contribution in [0.25, 0.3) is 49.7 Å². The van der Waals surface area contributed by atoms with Crippen LogP contribution in [0.2, 0.25) is 0 Å². The molecule has 1 aliphatic rings. The van der Waals surface area contributed by atoms with Crippen LogP contribution in [0.3, 0.4) is 0 Å². The summed E-state index contributed by atoms with van der Waals surface area (Å²) in [5.74, 6) is 0. The van der Waals surface area contributed by atoms with Crippen LogP contribution in [-0.4, -0.2) is 4.40 Å². The average Bonchev–Trinajstić information content (AvgIpc) is 3.33. The van der Waals surface area contributed by atoms with Crippen molar-refractivity contribution in [1.29, 1.82) is 0 Å². The van der Waals surface area contributed by atoms with Gasteiger partial charge in [-0.05, 0) is 60.7 Å². The van der Waals surface area contributed by atoms with Crippen molar-refractivity contribution in [1.82, 2.24) is 4.40 Å². The lowest BCUT2D eigenvalue weighted by molar-refractivity contribution is -0.735. The van der Waals surface area contributed by atoms with E-state index >= 15 is 0 Å². The van der Waals surface area contributed by atoms with Crippen LogP contribution in [0.4, 0.5) is 0 Å². The van der Waals surface area contributed by atoms with Gasteiger partial charge in [-0.3, -0.25) is 0 Å². The zero-order valence-electron chi connectivity index (χ0n) is 22.8. The minimum absolute atomic E-state index is 0.144. The van der Waals surface area contributed by atoms with Crippen molar-refractivity contribution in [3.63, 3.8) is 0 Å². The summed E-state index contributed by atoms with van der Waals surface area (Å²) in [6.07, 6.45) is 4.53. The van der Waals surface area contributed by atoms with Crippen molar-refractivity contribution in [2.24, 2.45) is 0 Å². The van der Waals surface area contributed by atoms with Crippen LogP contribution >= 0.6 is 0 Å². The van der Waals surface area contributed by atoms with Gasteiger partial charge in [-0.25, -0.2) is 4.57 Å². The van der Waals surface area contributed by atoms with E-state index < -0.39 is 0 Å². The number of aromatic nitrogens is 2. The molecule has 0 spiro atoms. The number of para-hydroxylation sites is 1. The van der Waals surface area contributed by atoms with E-state index in [1.54, 1.807) is 0 Å². The quantitative estimate of drug-likeness (QED) is 0.132. The van der Waals surface area contributed by atoms with Gasteiger partial charge in [-0.15, -0.1) is 0 Å². The summed E-state index contributed by atoms with van der Waals surface area (Å²) in [4.78, 5) is 0. The first kappa shape index (κ1) is 23.0. The molecule has 7 rings (SSSR count). The lowest BCUT2D eigenvalue weighted by Crippen LogP contribution is -2.64. The number of fused-ring (bicyclic) bond motifs is 3. The molecule has 0 N–H and O–H groups in total. The molecule has 0 fully saturated rings. The fourth-order valence-electron chi connectivity index (χ4n) is 7.00. The van der Waals surface area contributed by atoms with Crippen molar-refractivity contribution < 1.29 is 4.57 Å². The summed E-state index contributed by atoms with van der Waals surface area (Å²) in [5.41, 5.74) is 11.0. The maximum Gasteiger partial charge on any atom is 0.296 e. The predicted molar refractivity (Wildman–Crippen MR) is 160 cm³/mol. The summed E-state index contributed by atoms with van der Waals surface area (Å²) >= 11 is 0. The number of hydrogen-bond donors (Lipinski definition) is 0. The molecule has 0 saturated heterocycles. The van der Waals surface area contributed by atoms with Crippen LogP contribution in [0.1, 0.15) is 37.5 Å². The number of aryl methyl sites for hydroxylation is 2. The topological polar surface area (TPSA) is 8.29 Å². The molecule has 6 aromatic rings. The Morgan fingerprint density at radius 3 is 2.13 bits per heavy atom. The Labute approximate surface area is 224 Å². The number of nitrogens with zero attached hydrogens (tertiary/aromatic N) is 2. The van der Waals surface area contributed by atoms with Crippen molar-refractivity contribution in [2.45, 2.75) is 45.6 Å². The second-order valence-electron chi connectivity index (χ2n) is 11.6. The molecule has 0 radical (unpaired) electrons. The minimum Gasteiger partial charge on any atom is -0.219 e. The summed E-state index contributed by atoms with van der Waals surface area (Å²) in [6.45, 7) is 15.9. The smallest absolute Gasteiger partial charge is 0.219 e. The van der Waals surface area contributed by atoms with Crippen LogP contribution in [0.5, 0.6) is 0 Å². The van der Waals surface area contributed by atoms with Gasteiger partial charge in [0.25, 0.3) is 5.65 Å². The van der Waals surface area contributed by atoms with E-state index in [-0.39, 0.29) is 11.0 Å². The highest BCUT2D eigenvalue weighted by Crippen LogP contribution is 2.48. The molecule has 1 unspecified atom stereocenters. The van der Waals surface area contributed by atoms with Crippen molar-refractivity contribution >= 4 is 27.3 Å². The van der Waals surface area contributed by atoms with Gasteiger partial charge < -0.3 is 0 Å². The van der Waals surface area contributed by atoms with E-state index in [0.29, 0.717) is 0 Å². The molecule has 3 heterocycles. The first-order chi connectivity index (χ1) is 18.3. The number of imidazole rings is 1. The van der Waals surface area contributed by atoms with Gasteiger partial charge in [0, 0.05) is 21.8 Å². The third-order valence-corrected chi connectivity index (χ3v) is 9.39.